The van der Waals surface area contributed by atoms with Crippen molar-refractivity contribution in [2.24, 2.45) is 5.73 Å². The number of rotatable bonds is 6. The molecule has 0 aliphatic carbocycles. The summed E-state index contributed by atoms with van der Waals surface area (Å²) in [6, 6.07) is 21.4. The molecule has 0 radical (unpaired) electrons. The summed E-state index contributed by atoms with van der Waals surface area (Å²) in [5.74, 6) is -0.724. The van der Waals surface area contributed by atoms with E-state index >= 15 is 0 Å². The number of primary amides is 1. The molecule has 0 spiro atoms. The molecule has 2 amide bonds. The fraction of sp³-hybridized carbons (Fsp3) is 0.0833. The van der Waals surface area contributed by atoms with E-state index in [0.29, 0.717) is 15.7 Å². The van der Waals surface area contributed by atoms with Gasteiger partial charge >= 0.3 is 0 Å². The number of thiophene rings is 1. The van der Waals surface area contributed by atoms with Gasteiger partial charge < -0.3 is 11.1 Å². The number of nitrogens with zero attached hydrogens (tertiary/aromatic N) is 3. The summed E-state index contributed by atoms with van der Waals surface area (Å²) < 4.78 is 1.95. The third kappa shape index (κ3) is 4.08. The van der Waals surface area contributed by atoms with Crippen molar-refractivity contribution in [3.05, 3.63) is 77.9 Å². The van der Waals surface area contributed by atoms with Gasteiger partial charge in [-0.05, 0) is 36.2 Å². The second kappa shape index (κ2) is 8.68. The molecule has 0 aliphatic rings. The maximum absolute atomic E-state index is 12.7. The molecule has 3 N–H and O–H groups in total. The molecule has 3 aromatic heterocycles. The molecule has 2 aromatic carbocycles. The molecule has 0 saturated heterocycles. The molecule has 0 bridgehead atoms. The smallest absolute Gasteiger partial charge is 0.251 e. The van der Waals surface area contributed by atoms with E-state index in [1.165, 1.54) is 23.1 Å². The van der Waals surface area contributed by atoms with Gasteiger partial charge in [-0.15, -0.1) is 21.5 Å². The number of benzene rings is 2. The Balaban J connectivity index is 1.38. The first kappa shape index (κ1) is 21.2. The van der Waals surface area contributed by atoms with Crippen molar-refractivity contribution in [2.75, 3.05) is 11.1 Å². The van der Waals surface area contributed by atoms with Crippen molar-refractivity contribution < 1.29 is 9.59 Å². The summed E-state index contributed by atoms with van der Waals surface area (Å²) in [6.45, 7) is 2.04. The molecule has 5 rings (SSSR count). The van der Waals surface area contributed by atoms with E-state index < -0.39 is 5.91 Å². The Hall–Kier alpha value is -3.69. The van der Waals surface area contributed by atoms with Crippen molar-refractivity contribution in [1.82, 2.24) is 14.6 Å². The third-order valence-corrected chi connectivity index (χ3v) is 7.24. The van der Waals surface area contributed by atoms with Gasteiger partial charge in [0.05, 0.1) is 16.8 Å². The minimum atomic E-state index is -0.582. The number of fused-ring (bicyclic) bond motifs is 3. The summed E-state index contributed by atoms with van der Waals surface area (Å²) in [7, 11) is 0. The van der Waals surface area contributed by atoms with E-state index in [2.05, 4.69) is 21.6 Å². The maximum Gasteiger partial charge on any atom is 0.251 e. The lowest BCUT2D eigenvalue weighted by Gasteiger charge is -2.07. The van der Waals surface area contributed by atoms with Crippen LogP contribution in [0.15, 0.2) is 71.9 Å². The first-order chi connectivity index (χ1) is 16.0. The highest BCUT2D eigenvalue weighted by atomic mass is 32.2. The van der Waals surface area contributed by atoms with Crippen molar-refractivity contribution >= 4 is 56.5 Å². The summed E-state index contributed by atoms with van der Waals surface area (Å²) in [5.41, 5.74) is 9.64. The number of hydrogen-bond donors (Lipinski definition) is 2. The number of pyridine rings is 1. The van der Waals surface area contributed by atoms with Crippen molar-refractivity contribution in [1.29, 1.82) is 0 Å². The van der Waals surface area contributed by atoms with Crippen molar-refractivity contribution in [2.45, 2.75) is 12.1 Å². The fourth-order valence-corrected chi connectivity index (χ4v) is 5.51. The average molecular weight is 474 g/mol. The van der Waals surface area contributed by atoms with Gasteiger partial charge in [-0.3, -0.25) is 14.0 Å². The van der Waals surface area contributed by atoms with Crippen LogP contribution >= 0.6 is 23.1 Å². The fourth-order valence-electron chi connectivity index (χ4n) is 3.67. The number of anilines is 1. The van der Waals surface area contributed by atoms with E-state index in [9.17, 15) is 9.59 Å². The van der Waals surface area contributed by atoms with E-state index in [0.717, 1.165) is 32.6 Å². The number of amides is 2. The highest BCUT2D eigenvalue weighted by Crippen LogP contribution is 2.35. The number of carbonyl (C=O) groups excluding carboxylic acids is 2. The molecule has 0 saturated carbocycles. The van der Waals surface area contributed by atoms with Crippen LogP contribution in [0.25, 0.3) is 27.0 Å². The molecule has 0 atom stereocenters. The Labute approximate surface area is 197 Å². The standard InChI is InChI=1S/C24H19N5O2S2/c1-14-11-20-27-28-24(29(20)18-10-6-5-9-16(14)18)32-13-21(30)26-23-17(22(25)31)12-19(33-23)15-7-3-2-4-8-15/h2-12H,13H2,1H3,(H2,25,31)(H,26,30). The van der Waals surface area contributed by atoms with Gasteiger partial charge in [-0.2, -0.15) is 0 Å². The Morgan fingerprint density at radius 1 is 1.06 bits per heavy atom. The van der Waals surface area contributed by atoms with E-state index in [1.807, 2.05) is 65.9 Å². The van der Waals surface area contributed by atoms with Crippen molar-refractivity contribution in [3.63, 3.8) is 0 Å². The van der Waals surface area contributed by atoms with Crippen LogP contribution in [0.3, 0.4) is 0 Å². The first-order valence-electron chi connectivity index (χ1n) is 10.2. The molecule has 0 aliphatic heterocycles. The number of aryl methyl sites for hydroxylation is 1. The SMILES string of the molecule is Cc1cc2nnc(SCC(=O)Nc3sc(-c4ccccc4)cc3C(N)=O)n2c2ccccc12. The number of nitrogens with one attached hydrogen (secondary N) is 1. The second-order valence-electron chi connectivity index (χ2n) is 7.44. The number of carbonyl (C=O) groups is 2. The molecule has 0 unspecified atom stereocenters. The number of nitrogens with two attached hydrogens (primary N) is 1. The van der Waals surface area contributed by atoms with Gasteiger partial charge in [0.15, 0.2) is 10.8 Å². The molecule has 7 nitrogen and oxygen atoms in total. The van der Waals surface area contributed by atoms with Crippen LogP contribution in [0.4, 0.5) is 5.00 Å². The van der Waals surface area contributed by atoms with Crippen LogP contribution in [0.2, 0.25) is 0 Å². The second-order valence-corrected chi connectivity index (χ2v) is 9.44. The van der Waals surface area contributed by atoms with E-state index in [-0.39, 0.29) is 11.7 Å². The molecule has 33 heavy (non-hydrogen) atoms. The van der Waals surface area contributed by atoms with Crippen LogP contribution in [0, 0.1) is 6.92 Å². The zero-order valence-corrected chi connectivity index (χ0v) is 19.2. The molecular formula is C24H19N5O2S2. The topological polar surface area (TPSA) is 102 Å². The molecule has 164 valence electrons. The highest BCUT2D eigenvalue weighted by Gasteiger charge is 2.18. The minimum Gasteiger partial charge on any atom is -0.366 e. The lowest BCUT2D eigenvalue weighted by Crippen LogP contribution is -2.17. The van der Waals surface area contributed by atoms with Crippen molar-refractivity contribution in [3.8, 4) is 10.4 Å². The average Bonchev–Trinajstić information content (AvgIpc) is 3.43. The Morgan fingerprint density at radius 3 is 2.61 bits per heavy atom. The van der Waals surface area contributed by atoms with Gasteiger partial charge in [0.1, 0.15) is 5.00 Å². The number of aromatic nitrogens is 3. The normalized spacial score (nSPS) is 11.2. The summed E-state index contributed by atoms with van der Waals surface area (Å²) in [5, 5.41) is 13.6. The molecule has 9 heteroatoms. The first-order valence-corrected chi connectivity index (χ1v) is 12.0. The summed E-state index contributed by atoms with van der Waals surface area (Å²) in [6.07, 6.45) is 0. The van der Waals surface area contributed by atoms with Crippen LogP contribution in [-0.2, 0) is 4.79 Å². The molecular weight excluding hydrogens is 454 g/mol. The summed E-state index contributed by atoms with van der Waals surface area (Å²) >= 11 is 2.61. The van der Waals surface area contributed by atoms with Gasteiger partial charge in [-0.1, -0.05) is 60.3 Å². The monoisotopic (exact) mass is 473 g/mol. The van der Waals surface area contributed by atoms with Gasteiger partial charge in [0.25, 0.3) is 5.91 Å². The van der Waals surface area contributed by atoms with Crippen LogP contribution < -0.4 is 11.1 Å². The predicted molar refractivity (Wildman–Crippen MR) is 133 cm³/mol. The molecule has 3 heterocycles. The van der Waals surface area contributed by atoms with Gasteiger partial charge in [-0.25, -0.2) is 0 Å². The predicted octanol–water partition coefficient (Wildman–Crippen LogP) is 4.75. The van der Waals surface area contributed by atoms with Gasteiger partial charge in [0, 0.05) is 10.3 Å². The number of para-hydroxylation sites is 1. The largest absolute Gasteiger partial charge is 0.366 e. The van der Waals surface area contributed by atoms with Gasteiger partial charge in [0.2, 0.25) is 5.91 Å². The highest BCUT2D eigenvalue weighted by molar-refractivity contribution is 7.99. The van der Waals surface area contributed by atoms with Crippen LogP contribution in [0.5, 0.6) is 0 Å². The minimum absolute atomic E-state index is 0.111. The van der Waals surface area contributed by atoms with Crippen LogP contribution in [0.1, 0.15) is 15.9 Å². The lowest BCUT2D eigenvalue weighted by atomic mass is 10.1. The molecule has 0 fully saturated rings. The van der Waals surface area contributed by atoms with Crippen LogP contribution in [-0.4, -0.2) is 32.2 Å². The quantitative estimate of drug-likeness (QED) is 0.347. The zero-order valence-electron chi connectivity index (χ0n) is 17.6. The summed E-state index contributed by atoms with van der Waals surface area (Å²) in [4.78, 5) is 25.5. The number of thioether (sulfide) groups is 1. The molecule has 5 aromatic rings. The third-order valence-electron chi connectivity index (χ3n) is 5.21. The zero-order chi connectivity index (χ0) is 22.9. The van der Waals surface area contributed by atoms with E-state index in [1.54, 1.807) is 6.07 Å². The number of hydrogen-bond acceptors (Lipinski definition) is 6. The Kier molecular flexibility index (Phi) is 5.57. The van der Waals surface area contributed by atoms with E-state index in [4.69, 9.17) is 5.73 Å². The Bertz CT molecular complexity index is 1510. The Morgan fingerprint density at radius 2 is 1.82 bits per heavy atom. The maximum atomic E-state index is 12.7. The lowest BCUT2D eigenvalue weighted by molar-refractivity contribution is -0.113.